The van der Waals surface area contributed by atoms with Gasteiger partial charge in [0.1, 0.15) is 5.75 Å². The van der Waals surface area contributed by atoms with Crippen LogP contribution in [0.25, 0.3) is 0 Å². The first-order valence-electron chi connectivity index (χ1n) is 9.16. The zero-order valence-electron chi connectivity index (χ0n) is 15.8. The molecule has 8 nitrogen and oxygen atoms in total. The molecule has 3 amide bonds. The zero-order valence-corrected chi connectivity index (χ0v) is 15.8. The number of nitrogens with one attached hydrogen (secondary N) is 2. The molecule has 1 aliphatic rings. The average molecular weight is 377 g/mol. The van der Waals surface area contributed by atoms with Crippen LogP contribution in [0.2, 0.25) is 0 Å². The third kappa shape index (κ3) is 6.47. The van der Waals surface area contributed by atoms with Gasteiger partial charge in [0.2, 0.25) is 0 Å². The Morgan fingerprint density at radius 3 is 2.59 bits per heavy atom. The van der Waals surface area contributed by atoms with Crippen LogP contribution in [0.4, 0.5) is 4.79 Å². The van der Waals surface area contributed by atoms with Crippen LogP contribution in [0.1, 0.15) is 25.3 Å². The predicted octanol–water partition coefficient (Wildman–Crippen LogP) is 1.09. The minimum absolute atomic E-state index is 0.118. The second-order valence-electron chi connectivity index (χ2n) is 6.29. The number of rotatable bonds is 6. The summed E-state index contributed by atoms with van der Waals surface area (Å²) in [6.45, 7) is 3.46. The van der Waals surface area contributed by atoms with Crippen LogP contribution in [0, 0.1) is 0 Å². The first-order chi connectivity index (χ1) is 13.0. The highest BCUT2D eigenvalue weighted by atomic mass is 16.6. The Balaban J connectivity index is 1.68. The first-order valence-corrected chi connectivity index (χ1v) is 9.16. The van der Waals surface area contributed by atoms with E-state index in [0.717, 1.165) is 11.3 Å². The van der Waals surface area contributed by atoms with Crippen molar-refractivity contribution >= 4 is 17.9 Å². The molecular formula is C19H27N3O5. The molecule has 1 aromatic rings. The summed E-state index contributed by atoms with van der Waals surface area (Å²) < 4.78 is 10.1. The van der Waals surface area contributed by atoms with E-state index in [2.05, 4.69) is 10.6 Å². The maximum atomic E-state index is 12.0. The molecule has 1 fully saturated rings. The van der Waals surface area contributed by atoms with Gasteiger partial charge in [-0.3, -0.25) is 9.59 Å². The van der Waals surface area contributed by atoms with Crippen molar-refractivity contribution in [2.75, 3.05) is 33.4 Å². The van der Waals surface area contributed by atoms with Crippen LogP contribution in [0.15, 0.2) is 24.3 Å². The Bertz CT molecular complexity index is 657. The zero-order chi connectivity index (χ0) is 19.6. The fraction of sp³-hybridized carbons (Fsp3) is 0.526. The van der Waals surface area contributed by atoms with Gasteiger partial charge >= 0.3 is 17.9 Å². The van der Waals surface area contributed by atoms with Crippen molar-refractivity contribution in [2.24, 2.45) is 0 Å². The molecule has 0 aromatic heterocycles. The molecule has 1 aliphatic heterocycles. The van der Waals surface area contributed by atoms with Gasteiger partial charge in [-0.1, -0.05) is 12.1 Å². The fourth-order valence-corrected chi connectivity index (χ4v) is 2.90. The van der Waals surface area contributed by atoms with E-state index in [9.17, 15) is 14.4 Å². The Morgan fingerprint density at radius 1 is 1.19 bits per heavy atom. The summed E-state index contributed by atoms with van der Waals surface area (Å²) in [6.07, 6.45) is 1.47. The number of hydrogen-bond donors (Lipinski definition) is 2. The summed E-state index contributed by atoms with van der Waals surface area (Å²) in [5.74, 6) is -0.535. The van der Waals surface area contributed by atoms with Crippen LogP contribution in [-0.2, 0) is 20.7 Å². The van der Waals surface area contributed by atoms with Crippen molar-refractivity contribution in [2.45, 2.75) is 32.2 Å². The van der Waals surface area contributed by atoms with Crippen molar-refractivity contribution < 1.29 is 23.9 Å². The van der Waals surface area contributed by atoms with E-state index in [1.807, 2.05) is 24.3 Å². The highest BCUT2D eigenvalue weighted by Gasteiger charge is 2.26. The number of hydrogen-bond acceptors (Lipinski definition) is 5. The Morgan fingerprint density at radius 2 is 1.93 bits per heavy atom. The second kappa shape index (κ2) is 10.4. The molecule has 0 saturated carbocycles. The van der Waals surface area contributed by atoms with Crippen molar-refractivity contribution in [3.63, 3.8) is 0 Å². The maximum absolute atomic E-state index is 12.0. The van der Waals surface area contributed by atoms with Crippen LogP contribution < -0.4 is 15.4 Å². The van der Waals surface area contributed by atoms with Gasteiger partial charge in [-0.2, -0.15) is 0 Å². The maximum Gasteiger partial charge on any atom is 0.409 e. The molecule has 0 unspecified atom stereocenters. The summed E-state index contributed by atoms with van der Waals surface area (Å²) in [4.78, 5) is 37.2. The third-order valence-electron chi connectivity index (χ3n) is 4.40. The van der Waals surface area contributed by atoms with Crippen LogP contribution in [0.3, 0.4) is 0 Å². The smallest absolute Gasteiger partial charge is 0.409 e. The van der Waals surface area contributed by atoms with E-state index in [1.165, 1.54) is 0 Å². The summed E-state index contributed by atoms with van der Waals surface area (Å²) in [7, 11) is 1.60. The van der Waals surface area contributed by atoms with E-state index < -0.39 is 11.8 Å². The number of ether oxygens (including phenoxy) is 2. The van der Waals surface area contributed by atoms with Crippen molar-refractivity contribution in [3.05, 3.63) is 29.8 Å². The SMILES string of the molecule is CCOC(=O)N1CCC(NC(=O)C(=O)NCCc2cccc(OC)c2)CC1. The van der Waals surface area contributed by atoms with Crippen LogP contribution in [-0.4, -0.2) is 62.2 Å². The number of likely N-dealkylation sites (tertiary alicyclic amines) is 1. The largest absolute Gasteiger partial charge is 0.497 e. The van der Waals surface area contributed by atoms with E-state index >= 15 is 0 Å². The topological polar surface area (TPSA) is 97.0 Å². The van der Waals surface area contributed by atoms with Crippen molar-refractivity contribution in [3.8, 4) is 5.75 Å². The molecule has 148 valence electrons. The second-order valence-corrected chi connectivity index (χ2v) is 6.29. The Hall–Kier alpha value is -2.77. The van der Waals surface area contributed by atoms with Crippen molar-refractivity contribution in [1.29, 1.82) is 0 Å². The van der Waals surface area contributed by atoms with E-state index in [1.54, 1.807) is 18.9 Å². The molecule has 0 atom stereocenters. The van der Waals surface area contributed by atoms with Gasteiger partial charge in [0.05, 0.1) is 13.7 Å². The predicted molar refractivity (Wildman–Crippen MR) is 99.5 cm³/mol. The van der Waals surface area contributed by atoms with E-state index in [4.69, 9.17) is 9.47 Å². The molecule has 0 bridgehead atoms. The minimum Gasteiger partial charge on any atom is -0.497 e. The normalized spacial score (nSPS) is 14.4. The van der Waals surface area contributed by atoms with Gasteiger partial charge in [0.25, 0.3) is 0 Å². The molecule has 0 spiro atoms. The van der Waals surface area contributed by atoms with Gasteiger partial charge in [-0.25, -0.2) is 4.79 Å². The number of amides is 3. The lowest BCUT2D eigenvalue weighted by atomic mass is 10.1. The molecule has 1 aromatic carbocycles. The number of piperidine rings is 1. The van der Waals surface area contributed by atoms with Gasteiger partial charge < -0.3 is 25.0 Å². The summed E-state index contributed by atoms with van der Waals surface area (Å²) in [5.41, 5.74) is 1.02. The summed E-state index contributed by atoms with van der Waals surface area (Å²) in [5, 5.41) is 5.35. The van der Waals surface area contributed by atoms with E-state index in [-0.39, 0.29) is 12.1 Å². The van der Waals surface area contributed by atoms with Gasteiger partial charge in [-0.15, -0.1) is 0 Å². The minimum atomic E-state index is -0.647. The average Bonchev–Trinajstić information content (AvgIpc) is 2.68. The van der Waals surface area contributed by atoms with Gasteiger partial charge in [0, 0.05) is 25.7 Å². The molecule has 8 heteroatoms. The highest BCUT2D eigenvalue weighted by molar-refractivity contribution is 6.35. The van der Waals surface area contributed by atoms with E-state index in [0.29, 0.717) is 45.5 Å². The number of nitrogens with zero attached hydrogens (tertiary/aromatic N) is 1. The van der Waals surface area contributed by atoms with Gasteiger partial charge in [-0.05, 0) is 43.9 Å². The summed E-state index contributed by atoms with van der Waals surface area (Å²) >= 11 is 0. The lowest BCUT2D eigenvalue weighted by Crippen LogP contribution is -2.50. The molecular weight excluding hydrogens is 350 g/mol. The standard InChI is InChI=1S/C19H27N3O5/c1-3-27-19(25)22-11-8-15(9-12-22)21-18(24)17(23)20-10-7-14-5-4-6-16(13-14)26-2/h4-6,13,15H,3,7-12H2,1-2H3,(H,20,23)(H,21,24). The quantitative estimate of drug-likeness (QED) is 0.724. The third-order valence-corrected chi connectivity index (χ3v) is 4.40. The molecule has 27 heavy (non-hydrogen) atoms. The highest BCUT2D eigenvalue weighted by Crippen LogP contribution is 2.13. The monoisotopic (exact) mass is 377 g/mol. The molecule has 1 saturated heterocycles. The van der Waals surface area contributed by atoms with Crippen molar-refractivity contribution in [1.82, 2.24) is 15.5 Å². The molecule has 0 aliphatic carbocycles. The number of carbonyl (C=O) groups excluding carboxylic acids is 3. The fourth-order valence-electron chi connectivity index (χ4n) is 2.90. The molecule has 0 radical (unpaired) electrons. The summed E-state index contributed by atoms with van der Waals surface area (Å²) in [6, 6.07) is 7.44. The molecule has 2 rings (SSSR count). The van der Waals surface area contributed by atoms with Crippen LogP contribution in [0.5, 0.6) is 5.75 Å². The number of carbonyl (C=O) groups is 3. The number of methoxy groups -OCH3 is 1. The Kier molecular flexibility index (Phi) is 7.91. The number of benzene rings is 1. The van der Waals surface area contributed by atoms with Gasteiger partial charge in [0.15, 0.2) is 0 Å². The molecule has 1 heterocycles. The van der Waals surface area contributed by atoms with Crippen LogP contribution >= 0.6 is 0 Å². The molecule has 2 N–H and O–H groups in total. The first kappa shape index (κ1) is 20.5. The lowest BCUT2D eigenvalue weighted by Gasteiger charge is -2.31. The Labute approximate surface area is 159 Å². The lowest BCUT2D eigenvalue weighted by molar-refractivity contribution is -0.139.